The summed E-state index contributed by atoms with van der Waals surface area (Å²) >= 11 is 0. The van der Waals surface area contributed by atoms with Crippen molar-refractivity contribution in [2.24, 2.45) is 0 Å². The van der Waals surface area contributed by atoms with Crippen LogP contribution in [0.25, 0.3) is 72.3 Å². The predicted molar refractivity (Wildman–Crippen MR) is 292 cm³/mol. The summed E-state index contributed by atoms with van der Waals surface area (Å²) in [6.45, 7) is 0.000125. The lowest BCUT2D eigenvalue weighted by Gasteiger charge is -2.38. The maximum Gasteiger partial charge on any atom is 0.246 e. The molecule has 324 valence electrons. The zero-order valence-electron chi connectivity index (χ0n) is 38.2. The highest BCUT2D eigenvalue weighted by Gasteiger charge is 2.51. The molecule has 70 heavy (non-hydrogen) atoms. The van der Waals surface area contributed by atoms with E-state index in [2.05, 4.69) is 264 Å². The fourth-order valence-electron chi connectivity index (χ4n) is 12.7. The summed E-state index contributed by atoms with van der Waals surface area (Å²) in [4.78, 5) is 8.16. The standard InChI is InChI=1S/C66H42BN3/c1-4-20-43(21-5-1)60-41-47(42-61(68-60)44-36-38-57-53(40-44)50-28-12-16-32-56(50)66(57)54-30-14-10-26-48(54)49-27-11-15-31-55(49)66)70-63-35-19-17-33-58(63)67(45-22-6-2-7-23-45)59-39-37-52-51-29-13-18-34-62(51)69(64(52)65(59)70)46-24-8-3-9-25-46/h1-42H. The molecule has 0 fully saturated rings. The van der Waals surface area contributed by atoms with Gasteiger partial charge in [0.15, 0.2) is 0 Å². The Balaban J connectivity index is 1.02. The summed E-state index contributed by atoms with van der Waals surface area (Å²) in [7, 11) is 0. The number of anilines is 3. The Kier molecular flexibility index (Phi) is 8.37. The van der Waals surface area contributed by atoms with Crippen molar-refractivity contribution in [1.29, 1.82) is 0 Å². The smallest absolute Gasteiger partial charge is 0.246 e. The molecule has 12 aromatic rings. The van der Waals surface area contributed by atoms with Crippen LogP contribution in [-0.4, -0.2) is 16.3 Å². The molecule has 10 aromatic carbocycles. The minimum absolute atomic E-state index is 0.000125. The van der Waals surface area contributed by atoms with Crippen molar-refractivity contribution in [3.8, 4) is 50.5 Å². The highest BCUT2D eigenvalue weighted by atomic mass is 15.2. The first kappa shape index (κ1) is 39.1. The molecule has 3 aliphatic rings. The van der Waals surface area contributed by atoms with E-state index >= 15 is 0 Å². The van der Waals surface area contributed by atoms with Crippen LogP contribution in [0, 0.1) is 0 Å². The normalized spacial score (nSPS) is 13.5. The van der Waals surface area contributed by atoms with E-state index in [0.717, 1.165) is 39.6 Å². The molecule has 15 rings (SSSR count). The van der Waals surface area contributed by atoms with Crippen LogP contribution in [0.4, 0.5) is 17.1 Å². The lowest BCUT2D eigenvalue weighted by molar-refractivity contribution is 0.794. The molecule has 2 aromatic heterocycles. The third kappa shape index (κ3) is 5.39. The summed E-state index contributed by atoms with van der Waals surface area (Å²) in [5.74, 6) is 0. The van der Waals surface area contributed by atoms with Gasteiger partial charge in [-0.05, 0) is 97.9 Å². The van der Waals surface area contributed by atoms with Crippen LogP contribution in [0.2, 0.25) is 0 Å². The van der Waals surface area contributed by atoms with Crippen LogP contribution in [0.1, 0.15) is 22.3 Å². The molecule has 0 amide bonds. The van der Waals surface area contributed by atoms with E-state index in [4.69, 9.17) is 4.98 Å². The first-order valence-corrected chi connectivity index (χ1v) is 24.3. The van der Waals surface area contributed by atoms with Crippen LogP contribution >= 0.6 is 0 Å². The van der Waals surface area contributed by atoms with Crippen molar-refractivity contribution in [3.63, 3.8) is 0 Å². The van der Waals surface area contributed by atoms with Crippen molar-refractivity contribution in [2.45, 2.75) is 5.41 Å². The van der Waals surface area contributed by atoms with Crippen LogP contribution in [0.3, 0.4) is 0 Å². The third-order valence-electron chi connectivity index (χ3n) is 15.4. The van der Waals surface area contributed by atoms with E-state index in [0.29, 0.717) is 0 Å². The third-order valence-corrected chi connectivity index (χ3v) is 15.4. The average Bonchev–Trinajstić information content (AvgIpc) is 4.05. The van der Waals surface area contributed by atoms with Gasteiger partial charge in [-0.15, -0.1) is 0 Å². The Labute approximate surface area is 407 Å². The summed E-state index contributed by atoms with van der Waals surface area (Å²) in [6.07, 6.45) is 0. The number of hydrogen-bond donors (Lipinski definition) is 0. The monoisotopic (exact) mass is 887 g/mol. The quantitative estimate of drug-likeness (QED) is 0.161. The summed E-state index contributed by atoms with van der Waals surface area (Å²) < 4.78 is 2.49. The van der Waals surface area contributed by atoms with Gasteiger partial charge in [0.1, 0.15) is 0 Å². The first-order chi connectivity index (χ1) is 34.8. The number of benzene rings is 10. The lowest BCUT2D eigenvalue weighted by Crippen LogP contribution is -2.57. The van der Waals surface area contributed by atoms with Crippen LogP contribution in [0.15, 0.2) is 255 Å². The van der Waals surface area contributed by atoms with Crippen molar-refractivity contribution in [2.75, 3.05) is 4.90 Å². The molecule has 0 unspecified atom stereocenters. The Morgan fingerprint density at radius 3 is 1.64 bits per heavy atom. The van der Waals surface area contributed by atoms with Gasteiger partial charge < -0.3 is 9.47 Å². The largest absolute Gasteiger partial charge is 0.309 e. The van der Waals surface area contributed by atoms with Gasteiger partial charge in [0.05, 0.1) is 39.2 Å². The molecule has 0 bridgehead atoms. The molecule has 0 atom stereocenters. The number of hydrogen-bond acceptors (Lipinski definition) is 2. The molecule has 4 heteroatoms. The fraction of sp³-hybridized carbons (Fsp3) is 0.0152. The molecule has 1 aliphatic heterocycles. The van der Waals surface area contributed by atoms with E-state index in [1.54, 1.807) is 0 Å². The Bertz CT molecular complexity index is 4040. The van der Waals surface area contributed by atoms with Crippen LogP contribution in [0.5, 0.6) is 0 Å². The minimum atomic E-state index is -0.415. The number of aromatic nitrogens is 2. The van der Waals surface area contributed by atoms with E-state index < -0.39 is 5.41 Å². The van der Waals surface area contributed by atoms with Gasteiger partial charge in [-0.2, -0.15) is 0 Å². The van der Waals surface area contributed by atoms with Crippen LogP contribution in [-0.2, 0) is 5.41 Å². The summed E-state index contributed by atoms with van der Waals surface area (Å²) in [5.41, 5.74) is 24.7. The molecular formula is C66H42BN3. The number of rotatable bonds is 5. The van der Waals surface area contributed by atoms with Gasteiger partial charge in [0.25, 0.3) is 0 Å². The molecular weight excluding hydrogens is 846 g/mol. The molecule has 3 nitrogen and oxygen atoms in total. The van der Waals surface area contributed by atoms with Gasteiger partial charge in [0.2, 0.25) is 6.71 Å². The Morgan fingerprint density at radius 2 is 0.929 bits per heavy atom. The van der Waals surface area contributed by atoms with E-state index in [1.807, 2.05) is 0 Å². The second kappa shape index (κ2) is 15.0. The molecule has 0 saturated carbocycles. The fourth-order valence-corrected chi connectivity index (χ4v) is 12.7. The van der Waals surface area contributed by atoms with E-state index in [1.165, 1.54) is 88.4 Å². The van der Waals surface area contributed by atoms with Gasteiger partial charge in [-0.3, -0.25) is 0 Å². The topological polar surface area (TPSA) is 21.1 Å². The molecule has 0 radical (unpaired) electrons. The summed E-state index contributed by atoms with van der Waals surface area (Å²) in [5, 5.41) is 2.44. The van der Waals surface area contributed by atoms with Crippen molar-refractivity contribution < 1.29 is 0 Å². The highest BCUT2D eigenvalue weighted by Crippen LogP contribution is 2.63. The second-order valence-corrected chi connectivity index (χ2v) is 18.9. The van der Waals surface area contributed by atoms with Crippen LogP contribution < -0.4 is 21.3 Å². The Hall–Kier alpha value is -8.99. The van der Waals surface area contributed by atoms with Gasteiger partial charge in [-0.25, -0.2) is 4.98 Å². The van der Waals surface area contributed by atoms with E-state index in [-0.39, 0.29) is 6.71 Å². The van der Waals surface area contributed by atoms with Gasteiger partial charge in [0, 0.05) is 33.3 Å². The molecule has 3 heterocycles. The number of pyridine rings is 1. The number of nitrogens with zero attached hydrogens (tertiary/aromatic N) is 3. The maximum atomic E-state index is 5.62. The zero-order chi connectivity index (χ0) is 45.9. The van der Waals surface area contributed by atoms with Crippen molar-refractivity contribution in [3.05, 3.63) is 277 Å². The maximum absolute atomic E-state index is 5.62. The summed E-state index contributed by atoms with van der Waals surface area (Å²) in [6, 6.07) is 94.1. The Morgan fingerprint density at radius 1 is 0.371 bits per heavy atom. The molecule has 0 saturated heterocycles. The average molecular weight is 888 g/mol. The van der Waals surface area contributed by atoms with Gasteiger partial charge >= 0.3 is 0 Å². The zero-order valence-corrected chi connectivity index (χ0v) is 38.2. The molecule has 2 aliphatic carbocycles. The van der Waals surface area contributed by atoms with E-state index in [9.17, 15) is 0 Å². The predicted octanol–water partition coefficient (Wildman–Crippen LogP) is 14.2. The number of fused-ring (bicyclic) bond motifs is 16. The molecule has 1 spiro atoms. The molecule has 0 N–H and O–H groups in total. The van der Waals surface area contributed by atoms with Crippen molar-refractivity contribution >= 4 is 62.0 Å². The lowest BCUT2D eigenvalue weighted by atomic mass is 9.35. The number of para-hydroxylation sites is 3. The van der Waals surface area contributed by atoms with Crippen molar-refractivity contribution in [1.82, 2.24) is 9.55 Å². The second-order valence-electron chi connectivity index (χ2n) is 18.9. The SMILES string of the molecule is c1ccc(B2c3ccccc3N(c3cc(-c4ccccc4)nc(-c4ccc5c(c4)-c4ccccc4C54c5ccccc5-c5ccccc54)c3)c3c2ccc2c4ccccc4n(-c4ccccc4)c32)cc1. The minimum Gasteiger partial charge on any atom is -0.309 e. The first-order valence-electron chi connectivity index (χ1n) is 24.3. The highest BCUT2D eigenvalue weighted by molar-refractivity contribution is 6.98. The van der Waals surface area contributed by atoms with Gasteiger partial charge in [-0.1, -0.05) is 218 Å².